The fourth-order valence-electron chi connectivity index (χ4n) is 1.80. The number of amides is 1. The molecule has 1 aliphatic rings. The zero-order valence-electron chi connectivity index (χ0n) is 9.44. The summed E-state index contributed by atoms with van der Waals surface area (Å²) in [7, 11) is 0. The standard InChI is InChI=1S/C13H16N2O/c1-10-6-7-11(9-14-10)8-13(16)15-12-4-2-3-5-12/h2-3,6-7,9,12H,4-5,8H2,1H3,(H,15,16). The molecule has 1 aliphatic carbocycles. The average Bonchev–Trinajstić information content (AvgIpc) is 2.74. The fraction of sp³-hybridized carbons (Fsp3) is 0.385. The highest BCUT2D eigenvalue weighted by molar-refractivity contribution is 5.78. The average molecular weight is 216 g/mol. The Morgan fingerprint density at radius 2 is 2.19 bits per heavy atom. The number of hydrogen-bond donors (Lipinski definition) is 1. The van der Waals surface area contributed by atoms with Crippen LogP contribution in [0.2, 0.25) is 0 Å². The Hall–Kier alpha value is -1.64. The van der Waals surface area contributed by atoms with Gasteiger partial charge in [0, 0.05) is 17.9 Å². The maximum absolute atomic E-state index is 11.7. The number of nitrogens with one attached hydrogen (secondary N) is 1. The molecule has 2 rings (SSSR count). The smallest absolute Gasteiger partial charge is 0.224 e. The maximum Gasteiger partial charge on any atom is 0.224 e. The van der Waals surface area contributed by atoms with Crippen molar-refractivity contribution in [2.24, 2.45) is 0 Å². The van der Waals surface area contributed by atoms with E-state index in [0.717, 1.165) is 24.1 Å². The van der Waals surface area contributed by atoms with Crippen molar-refractivity contribution in [1.82, 2.24) is 10.3 Å². The molecule has 1 heterocycles. The highest BCUT2D eigenvalue weighted by atomic mass is 16.1. The minimum atomic E-state index is 0.0827. The lowest BCUT2D eigenvalue weighted by molar-refractivity contribution is -0.121. The number of pyridine rings is 1. The van der Waals surface area contributed by atoms with Crippen molar-refractivity contribution in [3.8, 4) is 0 Å². The zero-order valence-corrected chi connectivity index (χ0v) is 9.44. The maximum atomic E-state index is 11.7. The topological polar surface area (TPSA) is 42.0 Å². The van der Waals surface area contributed by atoms with Crippen molar-refractivity contribution in [2.75, 3.05) is 0 Å². The normalized spacial score (nSPS) is 15.3. The Morgan fingerprint density at radius 1 is 1.44 bits per heavy atom. The molecule has 0 saturated heterocycles. The van der Waals surface area contributed by atoms with Crippen LogP contribution in [0.1, 0.15) is 24.1 Å². The number of aromatic nitrogens is 1. The molecule has 0 spiro atoms. The van der Waals surface area contributed by atoms with Crippen molar-refractivity contribution in [1.29, 1.82) is 0 Å². The predicted molar refractivity (Wildman–Crippen MR) is 63.0 cm³/mol. The van der Waals surface area contributed by atoms with Gasteiger partial charge in [-0.3, -0.25) is 9.78 Å². The number of carbonyl (C=O) groups is 1. The zero-order chi connectivity index (χ0) is 11.4. The second-order valence-corrected chi connectivity index (χ2v) is 4.19. The van der Waals surface area contributed by atoms with Crippen LogP contribution in [-0.4, -0.2) is 16.9 Å². The minimum absolute atomic E-state index is 0.0827. The first kappa shape index (κ1) is 10.9. The summed E-state index contributed by atoms with van der Waals surface area (Å²) in [6, 6.07) is 4.18. The van der Waals surface area contributed by atoms with E-state index in [1.807, 2.05) is 19.1 Å². The molecule has 0 aliphatic heterocycles. The molecule has 84 valence electrons. The lowest BCUT2D eigenvalue weighted by atomic mass is 10.1. The summed E-state index contributed by atoms with van der Waals surface area (Å²) in [6.07, 6.45) is 8.32. The number of rotatable bonds is 3. The van der Waals surface area contributed by atoms with E-state index in [1.54, 1.807) is 6.20 Å². The van der Waals surface area contributed by atoms with E-state index in [2.05, 4.69) is 22.5 Å². The first-order valence-corrected chi connectivity index (χ1v) is 5.60. The van der Waals surface area contributed by atoms with Crippen molar-refractivity contribution < 1.29 is 4.79 Å². The van der Waals surface area contributed by atoms with Crippen LogP contribution in [0.4, 0.5) is 0 Å². The van der Waals surface area contributed by atoms with Gasteiger partial charge in [-0.15, -0.1) is 0 Å². The molecule has 0 unspecified atom stereocenters. The third kappa shape index (κ3) is 2.92. The van der Waals surface area contributed by atoms with Crippen LogP contribution in [0.25, 0.3) is 0 Å². The summed E-state index contributed by atoms with van der Waals surface area (Å²) in [5.41, 5.74) is 1.94. The van der Waals surface area contributed by atoms with E-state index in [0.29, 0.717) is 12.5 Å². The summed E-state index contributed by atoms with van der Waals surface area (Å²) in [5.74, 6) is 0.0827. The van der Waals surface area contributed by atoms with E-state index in [4.69, 9.17) is 0 Å². The van der Waals surface area contributed by atoms with Gasteiger partial charge in [-0.05, 0) is 31.4 Å². The molecule has 0 fully saturated rings. The van der Waals surface area contributed by atoms with Crippen LogP contribution in [0.5, 0.6) is 0 Å². The monoisotopic (exact) mass is 216 g/mol. The summed E-state index contributed by atoms with van der Waals surface area (Å²) >= 11 is 0. The largest absolute Gasteiger partial charge is 0.352 e. The predicted octanol–water partition coefficient (Wildman–Crippen LogP) is 1.77. The van der Waals surface area contributed by atoms with Crippen molar-refractivity contribution in [3.05, 3.63) is 41.7 Å². The van der Waals surface area contributed by atoms with E-state index >= 15 is 0 Å². The van der Waals surface area contributed by atoms with Gasteiger partial charge in [0.1, 0.15) is 0 Å². The molecule has 3 nitrogen and oxygen atoms in total. The molecule has 0 atom stereocenters. The molecule has 0 radical (unpaired) electrons. The van der Waals surface area contributed by atoms with Crippen LogP contribution >= 0.6 is 0 Å². The quantitative estimate of drug-likeness (QED) is 0.782. The van der Waals surface area contributed by atoms with Gasteiger partial charge in [-0.2, -0.15) is 0 Å². The molecule has 1 N–H and O–H groups in total. The van der Waals surface area contributed by atoms with Gasteiger partial charge >= 0.3 is 0 Å². The second kappa shape index (κ2) is 4.92. The van der Waals surface area contributed by atoms with Crippen LogP contribution < -0.4 is 5.32 Å². The van der Waals surface area contributed by atoms with Gasteiger partial charge in [0.05, 0.1) is 6.42 Å². The van der Waals surface area contributed by atoms with Crippen molar-refractivity contribution in [2.45, 2.75) is 32.2 Å². The van der Waals surface area contributed by atoms with Crippen LogP contribution in [0.3, 0.4) is 0 Å². The second-order valence-electron chi connectivity index (χ2n) is 4.19. The van der Waals surface area contributed by atoms with Gasteiger partial charge in [0.2, 0.25) is 5.91 Å². The van der Waals surface area contributed by atoms with E-state index in [-0.39, 0.29) is 5.91 Å². The third-order valence-corrected chi connectivity index (χ3v) is 2.71. The highest BCUT2D eigenvalue weighted by Crippen LogP contribution is 2.09. The number of nitrogens with zero attached hydrogens (tertiary/aromatic N) is 1. The molecule has 1 aromatic rings. The SMILES string of the molecule is Cc1ccc(CC(=O)NC2CC=CC2)cn1. The third-order valence-electron chi connectivity index (χ3n) is 2.71. The minimum Gasteiger partial charge on any atom is -0.352 e. The lowest BCUT2D eigenvalue weighted by Crippen LogP contribution is -2.33. The Morgan fingerprint density at radius 3 is 2.81 bits per heavy atom. The molecule has 1 amide bonds. The van der Waals surface area contributed by atoms with Gasteiger partial charge in [-0.25, -0.2) is 0 Å². The molecular formula is C13H16N2O. The fourth-order valence-corrected chi connectivity index (χ4v) is 1.80. The van der Waals surface area contributed by atoms with Crippen molar-refractivity contribution in [3.63, 3.8) is 0 Å². The Kier molecular flexibility index (Phi) is 3.34. The Balaban J connectivity index is 1.84. The van der Waals surface area contributed by atoms with E-state index in [9.17, 15) is 4.79 Å². The number of hydrogen-bond acceptors (Lipinski definition) is 2. The van der Waals surface area contributed by atoms with Gasteiger partial charge in [0.25, 0.3) is 0 Å². The highest BCUT2D eigenvalue weighted by Gasteiger charge is 2.13. The van der Waals surface area contributed by atoms with Crippen LogP contribution in [0, 0.1) is 6.92 Å². The molecule has 3 heteroatoms. The summed E-state index contributed by atoms with van der Waals surface area (Å²) in [6.45, 7) is 1.94. The van der Waals surface area contributed by atoms with E-state index < -0.39 is 0 Å². The molecule has 1 aromatic heterocycles. The van der Waals surface area contributed by atoms with Gasteiger partial charge in [0.15, 0.2) is 0 Å². The summed E-state index contributed by atoms with van der Waals surface area (Å²) < 4.78 is 0. The number of carbonyl (C=O) groups excluding carboxylic acids is 1. The van der Waals surface area contributed by atoms with Gasteiger partial charge < -0.3 is 5.32 Å². The molecule has 0 bridgehead atoms. The van der Waals surface area contributed by atoms with Gasteiger partial charge in [-0.1, -0.05) is 18.2 Å². The summed E-state index contributed by atoms with van der Waals surface area (Å²) in [4.78, 5) is 15.9. The van der Waals surface area contributed by atoms with Crippen LogP contribution in [-0.2, 0) is 11.2 Å². The molecule has 16 heavy (non-hydrogen) atoms. The molecular weight excluding hydrogens is 200 g/mol. The Labute approximate surface area is 95.6 Å². The lowest BCUT2D eigenvalue weighted by Gasteiger charge is -2.11. The molecule has 0 aromatic carbocycles. The van der Waals surface area contributed by atoms with Crippen molar-refractivity contribution >= 4 is 5.91 Å². The van der Waals surface area contributed by atoms with Crippen LogP contribution in [0.15, 0.2) is 30.5 Å². The Bertz CT molecular complexity index is 387. The number of aryl methyl sites for hydroxylation is 1. The summed E-state index contributed by atoms with van der Waals surface area (Å²) in [5, 5.41) is 3.01. The first-order valence-electron chi connectivity index (χ1n) is 5.60. The first-order chi connectivity index (χ1) is 7.74. The van der Waals surface area contributed by atoms with E-state index in [1.165, 1.54) is 0 Å². The molecule has 0 saturated carbocycles.